The van der Waals surface area contributed by atoms with Gasteiger partial charge < -0.3 is 15.5 Å². The number of nitrogens with one attached hydrogen (secondary N) is 1. The van der Waals surface area contributed by atoms with Gasteiger partial charge in [-0.25, -0.2) is 14.6 Å². The third-order valence-electron chi connectivity index (χ3n) is 3.81. The molecule has 0 bridgehead atoms. The summed E-state index contributed by atoms with van der Waals surface area (Å²) < 4.78 is 6.91. The second-order valence-electron chi connectivity index (χ2n) is 5.51. The number of ether oxygens (including phenoxy) is 1. The van der Waals surface area contributed by atoms with Gasteiger partial charge in [0.2, 0.25) is 0 Å². The van der Waals surface area contributed by atoms with Gasteiger partial charge in [-0.05, 0) is 12.1 Å². The molecule has 0 spiro atoms. The summed E-state index contributed by atoms with van der Waals surface area (Å²) in [6.45, 7) is 1.23. The number of aromatic nitrogens is 6. The van der Waals surface area contributed by atoms with Gasteiger partial charge in [-0.1, -0.05) is 5.21 Å². The van der Waals surface area contributed by atoms with Crippen LogP contribution in [0.1, 0.15) is 17.1 Å². The van der Waals surface area contributed by atoms with Crippen molar-refractivity contribution in [3.63, 3.8) is 0 Å². The van der Waals surface area contributed by atoms with Gasteiger partial charge in [-0.3, -0.25) is 4.79 Å². The maximum absolute atomic E-state index is 12.1. The second-order valence-corrected chi connectivity index (χ2v) is 5.51. The van der Waals surface area contributed by atoms with Crippen molar-refractivity contribution >= 4 is 5.82 Å². The van der Waals surface area contributed by atoms with Crippen LogP contribution in [0.25, 0.3) is 11.3 Å². The minimum Gasteiger partial charge on any atom is -0.384 e. The number of aromatic amines is 1. The Hall–Kier alpha value is -3.07. The Balaban J connectivity index is 1.59. The summed E-state index contributed by atoms with van der Waals surface area (Å²) in [7, 11) is 0. The van der Waals surface area contributed by atoms with Crippen LogP contribution >= 0.6 is 0 Å². The zero-order valence-corrected chi connectivity index (χ0v) is 12.8. The summed E-state index contributed by atoms with van der Waals surface area (Å²) in [5, 5.41) is 8.19. The first kappa shape index (κ1) is 14.5. The fourth-order valence-electron chi connectivity index (χ4n) is 2.59. The Kier molecular flexibility index (Phi) is 3.54. The van der Waals surface area contributed by atoms with Crippen molar-refractivity contribution in [3.8, 4) is 11.3 Å². The summed E-state index contributed by atoms with van der Waals surface area (Å²) in [6, 6.07) is 3.54. The van der Waals surface area contributed by atoms with Crippen molar-refractivity contribution < 1.29 is 4.74 Å². The van der Waals surface area contributed by atoms with Gasteiger partial charge in [0.05, 0.1) is 30.7 Å². The van der Waals surface area contributed by atoms with Crippen molar-refractivity contribution in [2.45, 2.75) is 19.6 Å². The van der Waals surface area contributed by atoms with Gasteiger partial charge in [0.25, 0.3) is 5.56 Å². The molecule has 4 rings (SSSR count). The van der Waals surface area contributed by atoms with Crippen molar-refractivity contribution in [1.29, 1.82) is 0 Å². The first-order chi connectivity index (χ1) is 11.7. The molecule has 0 aliphatic carbocycles. The highest BCUT2D eigenvalue weighted by molar-refractivity contribution is 5.57. The van der Waals surface area contributed by atoms with E-state index in [2.05, 4.69) is 25.3 Å². The minimum absolute atomic E-state index is 0.155. The smallest absolute Gasteiger partial charge is 0.256 e. The molecule has 1 aliphatic rings. The average molecular weight is 325 g/mol. The molecule has 3 aromatic heterocycles. The first-order valence-corrected chi connectivity index (χ1v) is 7.50. The Morgan fingerprint density at radius 2 is 2.29 bits per heavy atom. The molecule has 0 saturated heterocycles. The summed E-state index contributed by atoms with van der Waals surface area (Å²) in [5.41, 5.74) is 8.32. The molecule has 9 nitrogen and oxygen atoms in total. The molecule has 0 amide bonds. The maximum atomic E-state index is 12.1. The molecule has 3 N–H and O–H groups in total. The number of hydrogen-bond donors (Lipinski definition) is 2. The zero-order valence-electron chi connectivity index (χ0n) is 12.8. The molecule has 122 valence electrons. The molecule has 0 saturated carbocycles. The Morgan fingerprint density at radius 3 is 3.12 bits per heavy atom. The van der Waals surface area contributed by atoms with E-state index in [1.165, 1.54) is 0 Å². The van der Waals surface area contributed by atoms with E-state index in [1.54, 1.807) is 23.1 Å². The van der Waals surface area contributed by atoms with Crippen LogP contribution in [-0.2, 0) is 24.3 Å². The molecule has 0 radical (unpaired) electrons. The number of nitrogen functional groups attached to an aromatic ring is 1. The van der Waals surface area contributed by atoms with E-state index in [0.29, 0.717) is 49.1 Å². The predicted molar refractivity (Wildman–Crippen MR) is 85.0 cm³/mol. The standard InChI is InChI=1S/C15H15N7O2/c16-13-2-1-9(5-17-13)12-6-22(21-20-12)7-14-18-11-3-4-24-8-10(11)15(23)19-14/h1-2,5-6H,3-4,7-8H2,(H2,16,17)(H,18,19,23). The largest absolute Gasteiger partial charge is 0.384 e. The minimum atomic E-state index is -0.155. The van der Waals surface area contributed by atoms with Crippen LogP contribution < -0.4 is 11.3 Å². The molecule has 0 atom stereocenters. The van der Waals surface area contributed by atoms with E-state index in [0.717, 1.165) is 11.3 Å². The number of nitrogens with two attached hydrogens (primary N) is 1. The number of rotatable bonds is 3. The highest BCUT2D eigenvalue weighted by atomic mass is 16.5. The Morgan fingerprint density at radius 1 is 1.38 bits per heavy atom. The van der Waals surface area contributed by atoms with Gasteiger partial charge in [0.1, 0.15) is 23.9 Å². The highest BCUT2D eigenvalue weighted by Gasteiger charge is 2.16. The molecule has 9 heteroatoms. The third kappa shape index (κ3) is 2.76. The molecular formula is C15H15N7O2. The van der Waals surface area contributed by atoms with Crippen molar-refractivity contribution in [2.24, 2.45) is 0 Å². The van der Waals surface area contributed by atoms with E-state index in [1.807, 2.05) is 6.07 Å². The van der Waals surface area contributed by atoms with Gasteiger partial charge in [-0.2, -0.15) is 0 Å². The SMILES string of the molecule is Nc1ccc(-c2cn(Cc3nc4c(c(=O)[nH]3)COCC4)nn2)cn1. The van der Waals surface area contributed by atoms with Crippen LogP contribution in [0.4, 0.5) is 5.82 Å². The van der Waals surface area contributed by atoms with Gasteiger partial charge in [-0.15, -0.1) is 5.10 Å². The van der Waals surface area contributed by atoms with Crippen molar-refractivity contribution in [3.05, 3.63) is 52.0 Å². The Labute approximate surface area is 136 Å². The normalized spacial score (nSPS) is 13.7. The monoisotopic (exact) mass is 325 g/mol. The summed E-state index contributed by atoms with van der Waals surface area (Å²) >= 11 is 0. The lowest BCUT2D eigenvalue weighted by molar-refractivity contribution is 0.107. The summed E-state index contributed by atoms with van der Waals surface area (Å²) in [4.78, 5) is 23.4. The van der Waals surface area contributed by atoms with Crippen LogP contribution in [0.15, 0.2) is 29.3 Å². The highest BCUT2D eigenvalue weighted by Crippen LogP contribution is 2.16. The third-order valence-corrected chi connectivity index (χ3v) is 3.81. The Bertz CT molecular complexity index is 930. The topological polar surface area (TPSA) is 125 Å². The maximum Gasteiger partial charge on any atom is 0.256 e. The zero-order chi connectivity index (χ0) is 16.5. The number of anilines is 1. The summed E-state index contributed by atoms with van der Waals surface area (Å²) in [6.07, 6.45) is 4.06. The van der Waals surface area contributed by atoms with Crippen LogP contribution in [0.5, 0.6) is 0 Å². The second kappa shape index (κ2) is 5.85. The summed E-state index contributed by atoms with van der Waals surface area (Å²) in [5.74, 6) is 0.999. The van der Waals surface area contributed by atoms with Gasteiger partial charge >= 0.3 is 0 Å². The molecule has 0 unspecified atom stereocenters. The lowest BCUT2D eigenvalue weighted by Crippen LogP contribution is -2.26. The van der Waals surface area contributed by atoms with Crippen molar-refractivity contribution in [1.82, 2.24) is 29.9 Å². The quantitative estimate of drug-likeness (QED) is 0.701. The lowest BCUT2D eigenvalue weighted by atomic mass is 10.1. The fraction of sp³-hybridized carbons (Fsp3) is 0.267. The number of hydrogen-bond acceptors (Lipinski definition) is 7. The fourth-order valence-corrected chi connectivity index (χ4v) is 2.59. The lowest BCUT2D eigenvalue weighted by Gasteiger charge is -2.15. The van der Waals surface area contributed by atoms with E-state index in [-0.39, 0.29) is 5.56 Å². The number of pyridine rings is 1. The van der Waals surface area contributed by atoms with Gasteiger partial charge in [0.15, 0.2) is 0 Å². The molecule has 0 aromatic carbocycles. The van der Waals surface area contributed by atoms with E-state index in [4.69, 9.17) is 10.5 Å². The average Bonchev–Trinajstić information content (AvgIpc) is 3.04. The van der Waals surface area contributed by atoms with Gasteiger partial charge in [0, 0.05) is 18.2 Å². The van der Waals surface area contributed by atoms with E-state index >= 15 is 0 Å². The molecule has 24 heavy (non-hydrogen) atoms. The molecule has 3 aromatic rings. The van der Waals surface area contributed by atoms with E-state index < -0.39 is 0 Å². The first-order valence-electron chi connectivity index (χ1n) is 7.50. The molecule has 4 heterocycles. The van der Waals surface area contributed by atoms with Crippen LogP contribution in [0.2, 0.25) is 0 Å². The molecule has 0 fully saturated rings. The number of H-pyrrole nitrogens is 1. The number of fused-ring (bicyclic) bond motifs is 1. The van der Waals surface area contributed by atoms with Crippen molar-refractivity contribution in [2.75, 3.05) is 12.3 Å². The van der Waals surface area contributed by atoms with Crippen LogP contribution in [0, 0.1) is 0 Å². The molecule has 1 aliphatic heterocycles. The predicted octanol–water partition coefficient (Wildman–Crippen LogP) is 0.127. The number of nitrogens with zero attached hydrogens (tertiary/aromatic N) is 5. The van der Waals surface area contributed by atoms with Crippen LogP contribution in [-0.4, -0.2) is 36.6 Å². The van der Waals surface area contributed by atoms with E-state index in [9.17, 15) is 4.79 Å². The van der Waals surface area contributed by atoms with Crippen LogP contribution in [0.3, 0.4) is 0 Å². The molecular weight excluding hydrogens is 310 g/mol.